The lowest BCUT2D eigenvalue weighted by Gasteiger charge is -2.19. The Kier molecular flexibility index (Phi) is 7.38. The first kappa shape index (κ1) is 20.6. The molecule has 1 rings (SSSR count). The number of nitrogens with one attached hydrogen (secondary N) is 2. The third kappa shape index (κ3) is 4.78. The van der Waals surface area contributed by atoms with Crippen LogP contribution in [-0.2, 0) is 19.6 Å². The molecule has 2 N–H and O–H groups in total. The number of methoxy groups -OCH3 is 1. The molecule has 0 atom stereocenters. The molecule has 0 fully saturated rings. The molecule has 0 unspecified atom stereocenters. The van der Waals surface area contributed by atoms with Gasteiger partial charge in [-0.2, -0.15) is 0 Å². The van der Waals surface area contributed by atoms with Crippen molar-refractivity contribution >= 4 is 15.9 Å². The number of amides is 1. The summed E-state index contributed by atoms with van der Waals surface area (Å²) in [5.74, 6) is -0.209. The number of ether oxygens (including phenoxy) is 1. The smallest absolute Gasteiger partial charge is 0.241 e. The van der Waals surface area contributed by atoms with Crippen LogP contribution in [0.1, 0.15) is 34.2 Å². The number of carbonyl (C=O) groups is 1. The van der Waals surface area contributed by atoms with E-state index in [1.165, 1.54) is 0 Å². The average Bonchev–Trinajstić information content (AvgIpc) is 2.51. The number of sulfonamides is 1. The lowest BCUT2D eigenvalue weighted by atomic mass is 9.95. The Morgan fingerprint density at radius 2 is 1.42 bits per heavy atom. The van der Waals surface area contributed by atoms with Gasteiger partial charge in [0.25, 0.3) is 0 Å². The molecule has 7 heteroatoms. The van der Waals surface area contributed by atoms with E-state index in [1.54, 1.807) is 7.11 Å². The molecule has 1 aromatic carbocycles. The van der Waals surface area contributed by atoms with Crippen molar-refractivity contribution in [2.75, 3.05) is 26.8 Å². The van der Waals surface area contributed by atoms with Crippen LogP contribution in [0.5, 0.6) is 0 Å². The predicted molar refractivity (Wildman–Crippen MR) is 94.8 cm³/mol. The monoisotopic (exact) mass is 356 g/mol. The van der Waals surface area contributed by atoms with E-state index in [4.69, 9.17) is 4.74 Å². The van der Waals surface area contributed by atoms with Crippen LogP contribution >= 0.6 is 0 Å². The Bertz CT molecular complexity index is 683. The Hall–Kier alpha value is -1.44. The van der Waals surface area contributed by atoms with Crippen molar-refractivity contribution in [3.63, 3.8) is 0 Å². The van der Waals surface area contributed by atoms with Crippen molar-refractivity contribution in [2.24, 2.45) is 0 Å². The van der Waals surface area contributed by atoms with E-state index in [0.29, 0.717) is 18.0 Å². The number of hydrogen-bond acceptors (Lipinski definition) is 4. The molecule has 0 saturated heterocycles. The largest absolute Gasteiger partial charge is 0.383 e. The zero-order valence-electron chi connectivity index (χ0n) is 15.4. The molecule has 1 aromatic rings. The molecule has 0 radical (unpaired) electrons. The minimum Gasteiger partial charge on any atom is -0.383 e. The molecule has 1 amide bonds. The maximum Gasteiger partial charge on any atom is 0.241 e. The van der Waals surface area contributed by atoms with Gasteiger partial charge in [0.15, 0.2) is 0 Å². The quantitative estimate of drug-likeness (QED) is 0.694. The van der Waals surface area contributed by atoms with E-state index in [9.17, 15) is 13.2 Å². The van der Waals surface area contributed by atoms with Crippen molar-refractivity contribution in [3.8, 4) is 0 Å². The van der Waals surface area contributed by atoms with Gasteiger partial charge in [0.2, 0.25) is 15.9 Å². The van der Waals surface area contributed by atoms with Gasteiger partial charge in [-0.15, -0.1) is 0 Å². The van der Waals surface area contributed by atoms with Crippen LogP contribution in [0.25, 0.3) is 0 Å². The lowest BCUT2D eigenvalue weighted by molar-refractivity contribution is -0.121. The lowest BCUT2D eigenvalue weighted by Crippen LogP contribution is -2.33. The molecule has 0 aliphatic heterocycles. The van der Waals surface area contributed by atoms with Gasteiger partial charge in [-0.1, -0.05) is 0 Å². The minimum atomic E-state index is -3.66. The minimum absolute atomic E-state index is 0.0615. The second-order valence-electron chi connectivity index (χ2n) is 5.94. The molecule has 0 aliphatic rings. The highest BCUT2D eigenvalue weighted by atomic mass is 32.2. The Morgan fingerprint density at radius 1 is 0.917 bits per heavy atom. The van der Waals surface area contributed by atoms with E-state index in [-0.39, 0.29) is 18.9 Å². The van der Waals surface area contributed by atoms with Gasteiger partial charge in [-0.05, 0) is 62.4 Å². The summed E-state index contributed by atoms with van der Waals surface area (Å²) in [5, 5.41) is 2.66. The molecule has 0 aliphatic carbocycles. The fraction of sp³-hybridized carbons (Fsp3) is 0.588. The normalized spacial score (nSPS) is 11.6. The third-order valence-corrected chi connectivity index (χ3v) is 6.21. The first-order valence-electron chi connectivity index (χ1n) is 7.95. The van der Waals surface area contributed by atoms with Crippen LogP contribution in [0.3, 0.4) is 0 Å². The Labute approximate surface area is 145 Å². The van der Waals surface area contributed by atoms with Crippen molar-refractivity contribution in [1.82, 2.24) is 10.0 Å². The van der Waals surface area contributed by atoms with E-state index in [0.717, 1.165) is 27.8 Å². The highest BCUT2D eigenvalue weighted by Crippen LogP contribution is 2.29. The van der Waals surface area contributed by atoms with Gasteiger partial charge in [-0.25, -0.2) is 13.1 Å². The molecule has 0 saturated carbocycles. The fourth-order valence-corrected chi connectivity index (χ4v) is 4.25. The highest BCUT2D eigenvalue weighted by molar-refractivity contribution is 7.89. The summed E-state index contributed by atoms with van der Waals surface area (Å²) in [6.45, 7) is 10.4. The SMILES string of the molecule is COCCNC(=O)CCNS(=O)(=O)c1c(C)c(C)c(C)c(C)c1C. The van der Waals surface area contributed by atoms with Crippen LogP contribution in [0.2, 0.25) is 0 Å². The molecule has 136 valence electrons. The number of hydrogen-bond donors (Lipinski definition) is 2. The van der Waals surface area contributed by atoms with Crippen LogP contribution in [0.15, 0.2) is 4.90 Å². The third-order valence-electron chi connectivity index (χ3n) is 4.47. The molecular formula is C17H28N2O4S. The van der Waals surface area contributed by atoms with Gasteiger partial charge in [0, 0.05) is 26.6 Å². The highest BCUT2D eigenvalue weighted by Gasteiger charge is 2.23. The molecule has 24 heavy (non-hydrogen) atoms. The summed E-state index contributed by atoms with van der Waals surface area (Å²) >= 11 is 0. The second-order valence-corrected chi connectivity index (χ2v) is 7.65. The van der Waals surface area contributed by atoms with Crippen molar-refractivity contribution in [3.05, 3.63) is 27.8 Å². The number of rotatable bonds is 8. The summed E-state index contributed by atoms with van der Waals surface area (Å²) in [6.07, 6.45) is 0.0882. The molecule has 0 aromatic heterocycles. The van der Waals surface area contributed by atoms with Crippen LogP contribution in [0.4, 0.5) is 0 Å². The van der Waals surface area contributed by atoms with E-state index in [2.05, 4.69) is 10.0 Å². The topological polar surface area (TPSA) is 84.5 Å². The second kappa shape index (κ2) is 8.60. The maximum absolute atomic E-state index is 12.7. The summed E-state index contributed by atoms with van der Waals surface area (Å²) in [6, 6.07) is 0. The van der Waals surface area contributed by atoms with Gasteiger partial charge in [0.05, 0.1) is 11.5 Å². The van der Waals surface area contributed by atoms with Gasteiger partial charge < -0.3 is 10.1 Å². The zero-order valence-corrected chi connectivity index (χ0v) is 16.2. The van der Waals surface area contributed by atoms with Gasteiger partial charge in [-0.3, -0.25) is 4.79 Å². The molecule has 0 bridgehead atoms. The zero-order chi connectivity index (χ0) is 18.5. The summed E-state index contributed by atoms with van der Waals surface area (Å²) in [7, 11) is -2.11. The van der Waals surface area contributed by atoms with Crippen LogP contribution < -0.4 is 10.0 Å². The molecule has 6 nitrogen and oxygen atoms in total. The number of carbonyl (C=O) groups excluding carboxylic acids is 1. The van der Waals surface area contributed by atoms with Crippen LogP contribution in [-0.4, -0.2) is 41.1 Å². The van der Waals surface area contributed by atoms with E-state index >= 15 is 0 Å². The van der Waals surface area contributed by atoms with Crippen molar-refractivity contribution < 1.29 is 17.9 Å². The maximum atomic E-state index is 12.7. The van der Waals surface area contributed by atoms with Crippen molar-refractivity contribution in [2.45, 2.75) is 45.9 Å². The van der Waals surface area contributed by atoms with Crippen LogP contribution in [0, 0.1) is 34.6 Å². The average molecular weight is 356 g/mol. The first-order valence-corrected chi connectivity index (χ1v) is 9.44. The number of benzene rings is 1. The van der Waals surface area contributed by atoms with Gasteiger partial charge in [0.1, 0.15) is 0 Å². The Morgan fingerprint density at radius 3 is 1.92 bits per heavy atom. The van der Waals surface area contributed by atoms with E-state index < -0.39 is 10.0 Å². The summed E-state index contributed by atoms with van der Waals surface area (Å²) in [4.78, 5) is 11.9. The Balaban J connectivity index is 2.86. The summed E-state index contributed by atoms with van der Waals surface area (Å²) < 4.78 is 32.7. The predicted octanol–water partition coefficient (Wildman–Crippen LogP) is 1.66. The van der Waals surface area contributed by atoms with Gasteiger partial charge >= 0.3 is 0 Å². The molecule has 0 spiro atoms. The fourth-order valence-electron chi connectivity index (χ4n) is 2.62. The summed E-state index contributed by atoms with van der Waals surface area (Å²) in [5.41, 5.74) is 4.59. The first-order chi connectivity index (χ1) is 11.1. The standard InChI is InChI=1S/C17H28N2O4S/c1-11-12(2)14(4)17(15(5)13(11)3)24(21,22)19-8-7-16(20)18-9-10-23-6/h19H,7-10H2,1-6H3,(H,18,20). The molecule has 0 heterocycles. The van der Waals surface area contributed by atoms with Crippen molar-refractivity contribution in [1.29, 1.82) is 0 Å². The molecular weight excluding hydrogens is 328 g/mol. The van der Waals surface area contributed by atoms with E-state index in [1.807, 2.05) is 34.6 Å².